The van der Waals surface area contributed by atoms with Crippen molar-refractivity contribution < 1.29 is 27.9 Å². The zero-order valence-corrected chi connectivity index (χ0v) is 21.1. The minimum atomic E-state index is -4.55. The summed E-state index contributed by atoms with van der Waals surface area (Å²) in [6, 6.07) is 8.26. The number of thioether (sulfide) groups is 1. The molecule has 2 aliphatic heterocycles. The molecule has 0 saturated carbocycles. The number of piperidine rings is 1. The third-order valence-electron chi connectivity index (χ3n) is 6.57. The van der Waals surface area contributed by atoms with Crippen molar-refractivity contribution >= 4 is 51.5 Å². The lowest BCUT2D eigenvalue weighted by Gasteiger charge is -2.37. The van der Waals surface area contributed by atoms with Gasteiger partial charge in [0.1, 0.15) is 0 Å². The highest BCUT2D eigenvalue weighted by atomic mass is 35.5. The number of carbonyl (C=O) groups excluding carboxylic acids is 2. The summed E-state index contributed by atoms with van der Waals surface area (Å²) in [5.41, 5.74) is 0.480. The first-order valence-corrected chi connectivity index (χ1v) is 12.7. The minimum Gasteiger partial charge on any atom is -0.390 e. The summed E-state index contributed by atoms with van der Waals surface area (Å²) >= 11 is 6.61. The van der Waals surface area contributed by atoms with Gasteiger partial charge in [-0.05, 0) is 66.7 Å². The maximum atomic E-state index is 13.5. The number of alkyl halides is 3. The van der Waals surface area contributed by atoms with E-state index in [-0.39, 0.29) is 22.0 Å². The molecule has 37 heavy (non-hydrogen) atoms. The number of likely N-dealkylation sites (tertiary alicyclic amines) is 1. The number of likely N-dealkylation sites (N-methyl/N-ethyl adjacent to an activating group) is 1. The molecule has 12 heteroatoms. The Balaban J connectivity index is 1.39. The molecule has 1 unspecified atom stereocenters. The third kappa shape index (κ3) is 5.13. The Morgan fingerprint density at radius 3 is 2.73 bits per heavy atom. The summed E-state index contributed by atoms with van der Waals surface area (Å²) in [5, 5.41) is 14.9. The monoisotopic (exact) mass is 550 g/mol. The van der Waals surface area contributed by atoms with Gasteiger partial charge in [0.15, 0.2) is 0 Å². The summed E-state index contributed by atoms with van der Waals surface area (Å²) in [7, 11) is 1.87. The molecule has 5 rings (SSSR count). The lowest BCUT2D eigenvalue weighted by atomic mass is 10.0. The number of carbonyl (C=O) groups is 2. The third-order valence-corrected chi connectivity index (χ3v) is 7.68. The standard InChI is InChI=1S/C25H22ClF3N4O3S/c1-31-7-6-20(21(34)13-31)33-23(35)22(37-24(33)36)9-14-2-5-19-16(8-14)11-30-32(19)12-15-3-4-17(26)10-18(15)25(27,28)29/h2-5,8-11,20-21,34H,6-7,12-13H2,1H3/b22-9-/t20?,21-/m0/s1. The highest BCUT2D eigenvalue weighted by Gasteiger charge is 2.43. The van der Waals surface area contributed by atoms with Gasteiger partial charge in [0.25, 0.3) is 11.1 Å². The molecule has 3 heterocycles. The van der Waals surface area contributed by atoms with Crippen LogP contribution in [0.2, 0.25) is 5.02 Å². The van der Waals surface area contributed by atoms with Crippen LogP contribution in [-0.4, -0.2) is 68.1 Å². The average molecular weight is 551 g/mol. The smallest absolute Gasteiger partial charge is 0.390 e. The van der Waals surface area contributed by atoms with E-state index in [4.69, 9.17) is 11.6 Å². The predicted octanol–water partition coefficient (Wildman–Crippen LogP) is 4.86. The number of imide groups is 1. The summed E-state index contributed by atoms with van der Waals surface area (Å²) in [6.07, 6.45) is -1.73. The van der Waals surface area contributed by atoms with Crippen LogP contribution in [0.25, 0.3) is 17.0 Å². The number of rotatable bonds is 4. The number of benzene rings is 2. The van der Waals surface area contributed by atoms with Gasteiger partial charge in [-0.15, -0.1) is 0 Å². The summed E-state index contributed by atoms with van der Waals surface area (Å²) < 4.78 is 41.9. The molecular weight excluding hydrogens is 529 g/mol. The Morgan fingerprint density at radius 1 is 1.22 bits per heavy atom. The van der Waals surface area contributed by atoms with Crippen molar-refractivity contribution in [2.75, 3.05) is 20.1 Å². The molecule has 2 amide bonds. The van der Waals surface area contributed by atoms with Gasteiger partial charge in [0.05, 0.1) is 40.9 Å². The normalized spacial score (nSPS) is 22.5. The van der Waals surface area contributed by atoms with Crippen LogP contribution >= 0.6 is 23.4 Å². The number of aromatic nitrogens is 2. The highest BCUT2D eigenvalue weighted by molar-refractivity contribution is 8.18. The Bertz CT molecular complexity index is 1420. The van der Waals surface area contributed by atoms with Gasteiger partial charge in [0.2, 0.25) is 0 Å². The zero-order valence-electron chi connectivity index (χ0n) is 19.6. The minimum absolute atomic E-state index is 0.000728. The lowest BCUT2D eigenvalue weighted by molar-refractivity contribution is -0.138. The fraction of sp³-hybridized carbons (Fsp3) is 0.320. The van der Waals surface area contributed by atoms with E-state index in [9.17, 15) is 27.9 Å². The van der Waals surface area contributed by atoms with E-state index in [1.54, 1.807) is 24.3 Å². The predicted molar refractivity (Wildman–Crippen MR) is 135 cm³/mol. The molecule has 1 N–H and O–H groups in total. The zero-order chi connectivity index (χ0) is 26.5. The number of amides is 2. The Hall–Kier alpha value is -2.86. The first kappa shape index (κ1) is 25.8. The van der Waals surface area contributed by atoms with Gasteiger partial charge < -0.3 is 10.0 Å². The summed E-state index contributed by atoms with van der Waals surface area (Å²) in [6.45, 7) is 0.947. The van der Waals surface area contributed by atoms with Crippen LogP contribution < -0.4 is 0 Å². The fourth-order valence-electron chi connectivity index (χ4n) is 4.73. The van der Waals surface area contributed by atoms with Crippen molar-refractivity contribution in [3.05, 3.63) is 69.2 Å². The van der Waals surface area contributed by atoms with Crippen molar-refractivity contribution in [2.45, 2.75) is 31.3 Å². The van der Waals surface area contributed by atoms with Crippen LogP contribution in [0.1, 0.15) is 23.1 Å². The largest absolute Gasteiger partial charge is 0.416 e. The quantitative estimate of drug-likeness (QED) is 0.468. The van der Waals surface area contributed by atoms with Crippen molar-refractivity contribution in [1.29, 1.82) is 0 Å². The van der Waals surface area contributed by atoms with Crippen molar-refractivity contribution in [2.24, 2.45) is 0 Å². The Labute approximate surface area is 219 Å². The number of aliphatic hydroxyl groups excluding tert-OH is 1. The summed E-state index contributed by atoms with van der Waals surface area (Å²) in [4.78, 5) is 29.0. The molecule has 3 aromatic rings. The Kier molecular flexibility index (Phi) is 6.82. The molecule has 7 nitrogen and oxygen atoms in total. The number of hydrogen-bond acceptors (Lipinski definition) is 6. The van der Waals surface area contributed by atoms with Crippen LogP contribution in [0.5, 0.6) is 0 Å². The number of β-amino-alcohol motifs (C(OH)–C–C–N with tert-alkyl or cyclic N) is 1. The molecular formula is C25H22ClF3N4O3S. The first-order valence-electron chi connectivity index (χ1n) is 11.5. The number of halogens is 4. The van der Waals surface area contributed by atoms with Gasteiger partial charge in [-0.2, -0.15) is 18.3 Å². The average Bonchev–Trinajstić information content (AvgIpc) is 3.34. The van der Waals surface area contributed by atoms with E-state index in [2.05, 4.69) is 5.10 Å². The Morgan fingerprint density at radius 2 is 2.00 bits per heavy atom. The molecule has 0 bridgehead atoms. The maximum absolute atomic E-state index is 13.5. The molecule has 0 aliphatic carbocycles. The lowest BCUT2D eigenvalue weighted by Crippen LogP contribution is -2.54. The van der Waals surface area contributed by atoms with E-state index < -0.39 is 35.0 Å². The molecule has 2 aromatic carbocycles. The molecule has 2 saturated heterocycles. The van der Waals surface area contributed by atoms with E-state index >= 15 is 0 Å². The maximum Gasteiger partial charge on any atom is 0.416 e. The molecule has 2 atom stereocenters. The van der Waals surface area contributed by atoms with E-state index in [1.165, 1.54) is 23.0 Å². The second-order valence-corrected chi connectivity index (χ2v) is 10.6. The van der Waals surface area contributed by atoms with Gasteiger partial charge in [0, 0.05) is 23.5 Å². The van der Waals surface area contributed by atoms with Gasteiger partial charge in [-0.3, -0.25) is 19.2 Å². The van der Waals surface area contributed by atoms with Crippen LogP contribution in [-0.2, 0) is 17.5 Å². The van der Waals surface area contributed by atoms with Gasteiger partial charge >= 0.3 is 6.18 Å². The van der Waals surface area contributed by atoms with Crippen molar-refractivity contribution in [3.8, 4) is 0 Å². The number of fused-ring (bicyclic) bond motifs is 1. The highest BCUT2D eigenvalue weighted by Crippen LogP contribution is 2.37. The molecule has 194 valence electrons. The van der Waals surface area contributed by atoms with Crippen LogP contribution in [0.3, 0.4) is 0 Å². The molecule has 2 aliphatic rings. The van der Waals surface area contributed by atoms with Crippen LogP contribution in [0, 0.1) is 0 Å². The van der Waals surface area contributed by atoms with E-state index in [0.29, 0.717) is 36.0 Å². The molecule has 0 spiro atoms. The topological polar surface area (TPSA) is 78.7 Å². The van der Waals surface area contributed by atoms with Gasteiger partial charge in [-0.25, -0.2) is 0 Å². The van der Waals surface area contributed by atoms with Gasteiger partial charge in [-0.1, -0.05) is 23.7 Å². The van der Waals surface area contributed by atoms with Crippen molar-refractivity contribution in [1.82, 2.24) is 19.6 Å². The van der Waals surface area contributed by atoms with E-state index in [1.807, 2.05) is 11.9 Å². The molecule has 2 fully saturated rings. The van der Waals surface area contributed by atoms with E-state index in [0.717, 1.165) is 22.7 Å². The van der Waals surface area contributed by atoms with Crippen LogP contribution in [0.15, 0.2) is 47.5 Å². The number of nitrogens with zero attached hydrogens (tertiary/aromatic N) is 4. The first-order chi connectivity index (χ1) is 17.5. The molecule has 1 aromatic heterocycles. The van der Waals surface area contributed by atoms with Crippen molar-refractivity contribution in [3.63, 3.8) is 0 Å². The number of hydrogen-bond donors (Lipinski definition) is 1. The molecule has 0 radical (unpaired) electrons. The van der Waals surface area contributed by atoms with Crippen LogP contribution in [0.4, 0.5) is 18.0 Å². The summed E-state index contributed by atoms with van der Waals surface area (Å²) in [5.74, 6) is -0.443. The fourth-order valence-corrected chi connectivity index (χ4v) is 5.79. The second-order valence-electron chi connectivity index (χ2n) is 9.16. The second kappa shape index (κ2) is 9.79. The number of aliphatic hydroxyl groups is 1. The SMILES string of the molecule is CN1CCC(N2C(=O)S/C(=C\c3ccc4c(cnn4Cc4ccc(Cl)cc4C(F)(F)F)c3)C2=O)[C@@H](O)C1.